The van der Waals surface area contributed by atoms with Gasteiger partial charge < -0.3 is 0 Å². The van der Waals surface area contributed by atoms with Crippen molar-refractivity contribution in [1.82, 2.24) is 10.9 Å². The molecule has 0 rings (SSSR count). The molecule has 0 aromatic rings. The Balaban J connectivity index is 3.71. The van der Waals surface area contributed by atoms with Crippen LogP contribution in [0.2, 0.25) is 0 Å². The van der Waals surface area contributed by atoms with E-state index in [-0.39, 0.29) is 0 Å². The molecule has 0 radical (unpaired) electrons. The lowest BCUT2D eigenvalue weighted by atomic mass is 10.9. The monoisotopic (exact) mass is 158 g/mol. The number of hydrogen-bond donors (Lipinski definition) is 2. The van der Waals surface area contributed by atoms with Gasteiger partial charge >= 0.3 is 12.2 Å². The average Bonchev–Trinajstić information content (AvgIpc) is 1.82. The number of nitrogens with one attached hydrogen (secondary N) is 2. The van der Waals surface area contributed by atoms with E-state index in [1.165, 1.54) is 0 Å². The van der Waals surface area contributed by atoms with Gasteiger partial charge in [-0.05, 0) is 0 Å². The number of halogens is 4. The minimum Gasteiger partial charge on any atom is -0.267 e. The van der Waals surface area contributed by atoms with Gasteiger partial charge in [0.15, 0.2) is 0 Å². The second-order valence-electron chi connectivity index (χ2n) is 1.10. The van der Waals surface area contributed by atoms with Gasteiger partial charge in [0.2, 0.25) is 0 Å². The van der Waals surface area contributed by atoms with E-state index in [9.17, 15) is 22.4 Å². The van der Waals surface area contributed by atoms with Gasteiger partial charge in [0, 0.05) is 0 Å². The Labute approximate surface area is 52.7 Å². The van der Waals surface area contributed by atoms with E-state index in [1.54, 1.807) is 0 Å². The molecule has 0 atom stereocenters. The number of amides is 1. The van der Waals surface area contributed by atoms with Crippen LogP contribution < -0.4 is 10.9 Å². The van der Waals surface area contributed by atoms with Gasteiger partial charge in [-0.3, -0.25) is 5.43 Å². The minimum atomic E-state index is -2.67. The standard InChI is InChI=1S/C3H2F4N2O/c4-1(5)2(6)8-9-3(7)10/h8H,(H,9,10). The van der Waals surface area contributed by atoms with Crippen LogP contribution in [0.15, 0.2) is 12.0 Å². The Morgan fingerprint density at radius 3 is 1.80 bits per heavy atom. The molecule has 58 valence electrons. The van der Waals surface area contributed by atoms with E-state index in [2.05, 4.69) is 0 Å². The predicted molar refractivity (Wildman–Crippen MR) is 23.1 cm³/mol. The van der Waals surface area contributed by atoms with E-state index >= 15 is 0 Å². The van der Waals surface area contributed by atoms with Crippen LogP contribution in [0.1, 0.15) is 0 Å². The highest BCUT2D eigenvalue weighted by atomic mass is 19.3. The maximum absolute atomic E-state index is 11.5. The quantitative estimate of drug-likeness (QED) is 0.274. The summed E-state index contributed by atoms with van der Waals surface area (Å²) < 4.78 is 44.7. The van der Waals surface area contributed by atoms with Gasteiger partial charge in [-0.2, -0.15) is 13.2 Å². The van der Waals surface area contributed by atoms with Crippen LogP contribution in [-0.4, -0.2) is 6.16 Å². The molecular formula is C3H2F4N2O. The molecule has 2 N–H and O–H groups in total. The molecule has 0 aromatic heterocycles. The van der Waals surface area contributed by atoms with Gasteiger partial charge in [0.1, 0.15) is 0 Å². The summed E-state index contributed by atoms with van der Waals surface area (Å²) in [5.74, 6) is -2.09. The van der Waals surface area contributed by atoms with E-state index < -0.39 is 18.2 Å². The molecule has 1 amide bonds. The van der Waals surface area contributed by atoms with Gasteiger partial charge in [0.25, 0.3) is 5.95 Å². The van der Waals surface area contributed by atoms with Crippen LogP contribution in [0.25, 0.3) is 0 Å². The van der Waals surface area contributed by atoms with Crippen LogP contribution in [-0.2, 0) is 0 Å². The molecule has 0 aliphatic carbocycles. The van der Waals surface area contributed by atoms with Gasteiger partial charge in [0.05, 0.1) is 0 Å². The molecule has 0 bridgehead atoms. The second-order valence-corrected chi connectivity index (χ2v) is 1.10. The van der Waals surface area contributed by atoms with Crippen molar-refractivity contribution in [2.24, 2.45) is 0 Å². The predicted octanol–water partition coefficient (Wildman–Crippen LogP) is 1.21. The summed E-state index contributed by atoms with van der Waals surface area (Å²) in [4.78, 5) is 9.30. The molecule has 0 aliphatic heterocycles. The minimum absolute atomic E-state index is 0.958. The number of rotatable bonds is 2. The summed E-state index contributed by atoms with van der Waals surface area (Å²) in [6.07, 6.45) is -4.83. The van der Waals surface area contributed by atoms with Crippen molar-refractivity contribution in [3.63, 3.8) is 0 Å². The summed E-state index contributed by atoms with van der Waals surface area (Å²) >= 11 is 0. The van der Waals surface area contributed by atoms with E-state index in [0.717, 1.165) is 10.9 Å². The zero-order valence-corrected chi connectivity index (χ0v) is 4.42. The molecule has 0 aromatic carbocycles. The lowest BCUT2D eigenvalue weighted by Gasteiger charge is -1.97. The summed E-state index contributed by atoms with van der Waals surface area (Å²) in [6, 6.07) is 0. The molecule has 3 nitrogen and oxygen atoms in total. The molecule has 0 aliphatic rings. The third kappa shape index (κ3) is 3.70. The Kier molecular flexibility index (Phi) is 3.23. The van der Waals surface area contributed by atoms with Crippen molar-refractivity contribution < 1.29 is 22.4 Å². The van der Waals surface area contributed by atoms with E-state index in [1.807, 2.05) is 0 Å². The zero-order chi connectivity index (χ0) is 8.15. The van der Waals surface area contributed by atoms with Crippen molar-refractivity contribution in [3.8, 4) is 0 Å². The largest absolute Gasteiger partial charge is 0.416 e. The zero-order valence-electron chi connectivity index (χ0n) is 4.42. The number of hydrogen-bond acceptors (Lipinski definition) is 2. The molecule has 10 heavy (non-hydrogen) atoms. The molecule has 0 heterocycles. The first-order chi connectivity index (χ1) is 4.54. The fraction of sp³-hybridized carbons (Fsp3) is 0. The Bertz CT molecular complexity index is 164. The third-order valence-corrected chi connectivity index (χ3v) is 0.436. The van der Waals surface area contributed by atoms with Crippen LogP contribution in [0.5, 0.6) is 0 Å². The highest BCUT2D eigenvalue weighted by molar-refractivity contribution is 5.64. The fourth-order valence-electron chi connectivity index (χ4n) is 0.151. The second kappa shape index (κ2) is 3.70. The SMILES string of the molecule is O=C(F)NNC(F)=C(F)F. The summed E-state index contributed by atoms with van der Waals surface area (Å²) in [5, 5.41) is 0. The van der Waals surface area contributed by atoms with E-state index in [0.29, 0.717) is 0 Å². The average molecular weight is 158 g/mol. The Hall–Kier alpha value is -1.27. The third-order valence-electron chi connectivity index (χ3n) is 0.436. The van der Waals surface area contributed by atoms with Crippen LogP contribution in [0.3, 0.4) is 0 Å². The summed E-state index contributed by atoms with van der Waals surface area (Å²) in [7, 11) is 0. The lowest BCUT2D eigenvalue weighted by molar-refractivity contribution is 0.215. The fourth-order valence-corrected chi connectivity index (χ4v) is 0.151. The molecule has 0 unspecified atom stereocenters. The molecule has 0 saturated carbocycles. The van der Waals surface area contributed by atoms with E-state index in [4.69, 9.17) is 0 Å². The molecule has 7 heteroatoms. The number of carbonyl (C=O) groups excluding carboxylic acids is 1. The maximum atomic E-state index is 11.5. The van der Waals surface area contributed by atoms with Crippen molar-refractivity contribution in [2.75, 3.05) is 0 Å². The topological polar surface area (TPSA) is 41.1 Å². The normalized spacial score (nSPS) is 8.40. The highest BCUT2D eigenvalue weighted by Crippen LogP contribution is 2.03. The first-order valence-corrected chi connectivity index (χ1v) is 1.96. The van der Waals surface area contributed by atoms with Crippen molar-refractivity contribution in [3.05, 3.63) is 12.0 Å². The van der Waals surface area contributed by atoms with Crippen molar-refractivity contribution in [1.29, 1.82) is 0 Å². The molecule has 0 saturated heterocycles. The van der Waals surface area contributed by atoms with Crippen LogP contribution in [0.4, 0.5) is 22.4 Å². The van der Waals surface area contributed by atoms with Crippen LogP contribution >= 0.6 is 0 Å². The first kappa shape index (κ1) is 8.73. The summed E-state index contributed by atoms with van der Waals surface area (Å²) in [5.41, 5.74) is 1.93. The maximum Gasteiger partial charge on any atom is 0.416 e. The molecule has 0 fully saturated rings. The number of carbonyl (C=O) groups is 1. The molecular weight excluding hydrogens is 156 g/mol. The lowest BCUT2D eigenvalue weighted by Crippen LogP contribution is -2.32. The summed E-state index contributed by atoms with van der Waals surface area (Å²) in [6.45, 7) is 0. The Morgan fingerprint density at radius 1 is 1.00 bits per heavy atom. The van der Waals surface area contributed by atoms with Gasteiger partial charge in [-0.1, -0.05) is 0 Å². The smallest absolute Gasteiger partial charge is 0.267 e. The van der Waals surface area contributed by atoms with Crippen molar-refractivity contribution in [2.45, 2.75) is 0 Å². The first-order valence-electron chi connectivity index (χ1n) is 1.96. The Morgan fingerprint density at radius 2 is 1.50 bits per heavy atom. The highest BCUT2D eigenvalue weighted by Gasteiger charge is 2.04. The molecule has 0 spiro atoms. The van der Waals surface area contributed by atoms with Crippen molar-refractivity contribution >= 4 is 6.16 Å². The van der Waals surface area contributed by atoms with Crippen LogP contribution in [0, 0.1) is 0 Å². The number of hydrazine groups is 1. The van der Waals surface area contributed by atoms with Gasteiger partial charge in [-0.25, -0.2) is 10.2 Å². The van der Waals surface area contributed by atoms with Gasteiger partial charge in [-0.15, -0.1) is 4.39 Å².